The van der Waals surface area contributed by atoms with Crippen molar-refractivity contribution >= 4 is 17.6 Å². The molecule has 1 saturated heterocycles. The number of ether oxygens (including phenoxy) is 1. The number of carbonyl (C=O) groups excluding carboxylic acids is 2. The SMILES string of the molecule is CCCCN(CCCC)C(=O)NC1CC(=O)N(c2ccc(OCC)cc2)C1. The van der Waals surface area contributed by atoms with E-state index < -0.39 is 0 Å². The Hall–Kier alpha value is -2.24. The summed E-state index contributed by atoms with van der Waals surface area (Å²) in [6.07, 6.45) is 4.46. The molecule has 1 aliphatic rings. The Labute approximate surface area is 162 Å². The van der Waals surface area contributed by atoms with Crippen molar-refractivity contribution in [1.29, 1.82) is 0 Å². The summed E-state index contributed by atoms with van der Waals surface area (Å²) in [6.45, 7) is 8.85. The van der Waals surface area contributed by atoms with E-state index in [-0.39, 0.29) is 18.0 Å². The van der Waals surface area contributed by atoms with Crippen molar-refractivity contribution in [2.24, 2.45) is 0 Å². The predicted octanol–water partition coefficient (Wildman–Crippen LogP) is 3.80. The maximum atomic E-state index is 12.6. The maximum absolute atomic E-state index is 12.6. The van der Waals surface area contributed by atoms with Gasteiger partial charge in [-0.2, -0.15) is 0 Å². The third-order valence-corrected chi connectivity index (χ3v) is 4.76. The van der Waals surface area contributed by atoms with Crippen molar-refractivity contribution in [1.82, 2.24) is 10.2 Å². The Bertz CT molecular complexity index is 595. The topological polar surface area (TPSA) is 61.9 Å². The minimum atomic E-state index is -0.151. The fraction of sp³-hybridized carbons (Fsp3) is 0.619. The third-order valence-electron chi connectivity index (χ3n) is 4.76. The number of hydrogen-bond acceptors (Lipinski definition) is 3. The van der Waals surface area contributed by atoms with E-state index in [0.29, 0.717) is 19.6 Å². The van der Waals surface area contributed by atoms with Crippen LogP contribution in [-0.4, -0.2) is 49.1 Å². The second-order valence-electron chi connectivity index (χ2n) is 6.98. The number of nitrogens with zero attached hydrogens (tertiary/aromatic N) is 2. The van der Waals surface area contributed by atoms with Gasteiger partial charge in [-0.05, 0) is 44.0 Å². The highest BCUT2D eigenvalue weighted by atomic mass is 16.5. The molecule has 1 fully saturated rings. The van der Waals surface area contributed by atoms with E-state index in [2.05, 4.69) is 19.2 Å². The van der Waals surface area contributed by atoms with Crippen molar-refractivity contribution < 1.29 is 14.3 Å². The molecule has 1 aromatic rings. The van der Waals surface area contributed by atoms with Gasteiger partial charge in [0.1, 0.15) is 5.75 Å². The zero-order valence-electron chi connectivity index (χ0n) is 16.9. The van der Waals surface area contributed by atoms with Gasteiger partial charge in [0.15, 0.2) is 0 Å². The van der Waals surface area contributed by atoms with Crippen LogP contribution in [0.5, 0.6) is 5.75 Å². The maximum Gasteiger partial charge on any atom is 0.317 e. The number of urea groups is 1. The Balaban J connectivity index is 1.94. The van der Waals surface area contributed by atoms with Crippen molar-refractivity contribution in [3.05, 3.63) is 24.3 Å². The molecule has 3 amide bonds. The summed E-state index contributed by atoms with van der Waals surface area (Å²) in [6, 6.07) is 7.32. The number of anilines is 1. The molecule has 0 aliphatic carbocycles. The van der Waals surface area contributed by atoms with Crippen LogP contribution in [0.25, 0.3) is 0 Å². The van der Waals surface area contributed by atoms with Gasteiger partial charge < -0.3 is 19.9 Å². The zero-order chi connectivity index (χ0) is 19.6. The van der Waals surface area contributed by atoms with Gasteiger partial charge in [-0.3, -0.25) is 4.79 Å². The van der Waals surface area contributed by atoms with Gasteiger partial charge in [0.05, 0.1) is 12.6 Å². The van der Waals surface area contributed by atoms with Gasteiger partial charge in [0, 0.05) is 31.7 Å². The van der Waals surface area contributed by atoms with Gasteiger partial charge in [-0.15, -0.1) is 0 Å². The second kappa shape index (κ2) is 10.8. The van der Waals surface area contributed by atoms with Crippen molar-refractivity contribution in [2.45, 2.75) is 58.9 Å². The van der Waals surface area contributed by atoms with Crippen molar-refractivity contribution in [2.75, 3.05) is 31.1 Å². The predicted molar refractivity (Wildman–Crippen MR) is 108 cm³/mol. The Kier molecular flexibility index (Phi) is 8.43. The molecule has 6 nitrogen and oxygen atoms in total. The molecule has 1 heterocycles. The summed E-state index contributed by atoms with van der Waals surface area (Å²) in [4.78, 5) is 28.7. The molecule has 0 bridgehead atoms. The van der Waals surface area contributed by atoms with Crippen LogP contribution < -0.4 is 15.0 Å². The number of carbonyl (C=O) groups is 2. The van der Waals surface area contributed by atoms with E-state index in [9.17, 15) is 9.59 Å². The summed E-state index contributed by atoms with van der Waals surface area (Å²) in [5.41, 5.74) is 0.842. The summed E-state index contributed by atoms with van der Waals surface area (Å²) in [5.74, 6) is 0.832. The third kappa shape index (κ3) is 6.15. The highest BCUT2D eigenvalue weighted by Crippen LogP contribution is 2.24. The number of hydrogen-bond donors (Lipinski definition) is 1. The second-order valence-corrected chi connectivity index (χ2v) is 6.98. The van der Waals surface area contributed by atoms with Crippen LogP contribution in [0.2, 0.25) is 0 Å². The van der Waals surface area contributed by atoms with E-state index in [1.807, 2.05) is 36.1 Å². The normalized spacial score (nSPS) is 16.5. The van der Waals surface area contributed by atoms with Gasteiger partial charge in [0.25, 0.3) is 0 Å². The summed E-state index contributed by atoms with van der Waals surface area (Å²) < 4.78 is 5.45. The lowest BCUT2D eigenvalue weighted by atomic mass is 10.2. The molecular formula is C21H33N3O3. The Morgan fingerprint density at radius 1 is 1.15 bits per heavy atom. The molecule has 0 spiro atoms. The van der Waals surface area contributed by atoms with E-state index in [0.717, 1.165) is 50.2 Å². The highest BCUT2D eigenvalue weighted by molar-refractivity contribution is 5.96. The van der Waals surface area contributed by atoms with Crippen LogP contribution in [0.4, 0.5) is 10.5 Å². The minimum absolute atomic E-state index is 0.0399. The van der Waals surface area contributed by atoms with Crippen LogP contribution in [0, 0.1) is 0 Å². The number of amides is 3. The van der Waals surface area contributed by atoms with Gasteiger partial charge >= 0.3 is 6.03 Å². The van der Waals surface area contributed by atoms with Gasteiger partial charge in [-0.1, -0.05) is 26.7 Å². The quantitative estimate of drug-likeness (QED) is 0.676. The van der Waals surface area contributed by atoms with E-state index in [4.69, 9.17) is 4.74 Å². The zero-order valence-corrected chi connectivity index (χ0v) is 16.9. The van der Waals surface area contributed by atoms with Gasteiger partial charge in [0.2, 0.25) is 5.91 Å². The average molecular weight is 376 g/mol. The monoisotopic (exact) mass is 375 g/mol. The number of unbranched alkanes of at least 4 members (excludes halogenated alkanes) is 2. The number of benzene rings is 1. The van der Waals surface area contributed by atoms with Crippen LogP contribution in [0.15, 0.2) is 24.3 Å². The summed E-state index contributed by atoms with van der Waals surface area (Å²) >= 11 is 0. The van der Waals surface area contributed by atoms with Crippen LogP contribution >= 0.6 is 0 Å². The lowest BCUT2D eigenvalue weighted by Gasteiger charge is -2.25. The fourth-order valence-corrected chi connectivity index (χ4v) is 3.22. The number of nitrogens with one attached hydrogen (secondary N) is 1. The first-order valence-electron chi connectivity index (χ1n) is 10.2. The molecule has 6 heteroatoms. The molecule has 1 aliphatic heterocycles. The first-order valence-corrected chi connectivity index (χ1v) is 10.2. The van der Waals surface area contributed by atoms with Crippen LogP contribution in [-0.2, 0) is 4.79 Å². The number of rotatable bonds is 10. The largest absolute Gasteiger partial charge is 0.494 e. The van der Waals surface area contributed by atoms with Crippen LogP contribution in [0.1, 0.15) is 52.9 Å². The molecule has 0 saturated carbocycles. The molecule has 1 atom stereocenters. The molecular weight excluding hydrogens is 342 g/mol. The molecule has 0 aromatic heterocycles. The van der Waals surface area contributed by atoms with E-state index in [1.54, 1.807) is 4.90 Å². The summed E-state index contributed by atoms with van der Waals surface area (Å²) in [7, 11) is 0. The molecule has 150 valence electrons. The molecule has 27 heavy (non-hydrogen) atoms. The standard InChI is InChI=1S/C21H33N3O3/c1-4-7-13-23(14-8-5-2)21(26)22-17-15-20(25)24(16-17)18-9-11-19(12-10-18)27-6-3/h9-12,17H,4-8,13-16H2,1-3H3,(H,22,26). The summed E-state index contributed by atoms with van der Waals surface area (Å²) in [5, 5.41) is 3.06. The lowest BCUT2D eigenvalue weighted by Crippen LogP contribution is -2.46. The minimum Gasteiger partial charge on any atom is -0.494 e. The first-order chi connectivity index (χ1) is 13.1. The van der Waals surface area contributed by atoms with Crippen LogP contribution in [0.3, 0.4) is 0 Å². The lowest BCUT2D eigenvalue weighted by molar-refractivity contribution is -0.117. The smallest absolute Gasteiger partial charge is 0.317 e. The molecule has 1 unspecified atom stereocenters. The highest BCUT2D eigenvalue weighted by Gasteiger charge is 2.32. The first kappa shape index (κ1) is 21.1. The van der Waals surface area contributed by atoms with Crippen molar-refractivity contribution in [3.63, 3.8) is 0 Å². The van der Waals surface area contributed by atoms with Crippen molar-refractivity contribution in [3.8, 4) is 5.75 Å². The molecule has 1 aromatic carbocycles. The fourth-order valence-electron chi connectivity index (χ4n) is 3.22. The van der Waals surface area contributed by atoms with E-state index in [1.165, 1.54) is 0 Å². The molecule has 2 rings (SSSR count). The molecule has 1 N–H and O–H groups in total. The Morgan fingerprint density at radius 3 is 2.33 bits per heavy atom. The van der Waals surface area contributed by atoms with Gasteiger partial charge in [-0.25, -0.2) is 4.79 Å². The average Bonchev–Trinajstić information content (AvgIpc) is 3.02. The van der Waals surface area contributed by atoms with E-state index >= 15 is 0 Å². The Morgan fingerprint density at radius 2 is 1.78 bits per heavy atom. The molecule has 0 radical (unpaired) electrons.